The number of hydrogen-bond donors (Lipinski definition) is 2. The van der Waals surface area contributed by atoms with Gasteiger partial charge in [-0.2, -0.15) is 15.0 Å². The molecule has 3 N–H and O–H groups in total. The lowest BCUT2D eigenvalue weighted by Gasteiger charge is -2.27. The summed E-state index contributed by atoms with van der Waals surface area (Å²) in [6.45, 7) is 3.51. The maximum absolute atomic E-state index is 5.67. The monoisotopic (exact) mass is 294 g/mol. The van der Waals surface area contributed by atoms with Crippen LogP contribution < -0.4 is 20.9 Å². The van der Waals surface area contributed by atoms with Crippen LogP contribution in [0.25, 0.3) is 0 Å². The number of hydrogen-bond acceptors (Lipinski definition) is 8. The van der Waals surface area contributed by atoms with Gasteiger partial charge in [0.25, 0.3) is 0 Å². The molecule has 8 nitrogen and oxygen atoms in total. The molecular formula is C13H22N6O2. The summed E-state index contributed by atoms with van der Waals surface area (Å²) in [5, 5.41) is 0. The number of nitrogen functional groups attached to an aromatic ring is 1. The van der Waals surface area contributed by atoms with Crippen LogP contribution in [-0.2, 0) is 4.74 Å². The molecular weight excluding hydrogens is 272 g/mol. The maximum atomic E-state index is 5.67. The Morgan fingerprint density at radius 3 is 2.71 bits per heavy atom. The van der Waals surface area contributed by atoms with Crippen molar-refractivity contribution in [1.29, 1.82) is 0 Å². The van der Waals surface area contributed by atoms with Gasteiger partial charge in [-0.1, -0.05) is 19.3 Å². The van der Waals surface area contributed by atoms with Gasteiger partial charge in [-0.25, -0.2) is 5.84 Å². The summed E-state index contributed by atoms with van der Waals surface area (Å²) < 4.78 is 11.0. The third-order valence-electron chi connectivity index (χ3n) is 4.01. The van der Waals surface area contributed by atoms with Crippen LogP contribution in [0.1, 0.15) is 25.7 Å². The molecule has 2 heterocycles. The summed E-state index contributed by atoms with van der Waals surface area (Å²) in [5.74, 6) is 7.13. The fraction of sp³-hybridized carbons (Fsp3) is 0.769. The Labute approximate surface area is 124 Å². The van der Waals surface area contributed by atoms with Crippen LogP contribution in [0.3, 0.4) is 0 Å². The van der Waals surface area contributed by atoms with Gasteiger partial charge in [0.1, 0.15) is 0 Å². The summed E-state index contributed by atoms with van der Waals surface area (Å²) in [7, 11) is 0. The van der Waals surface area contributed by atoms with Gasteiger partial charge in [-0.3, -0.25) is 5.43 Å². The highest BCUT2D eigenvalue weighted by Gasteiger charge is 2.19. The highest BCUT2D eigenvalue weighted by molar-refractivity contribution is 5.38. The van der Waals surface area contributed by atoms with Crippen molar-refractivity contribution in [3.05, 3.63) is 0 Å². The number of nitrogens with zero attached hydrogens (tertiary/aromatic N) is 4. The standard InChI is InChI=1S/C13H22N6O2/c14-18-11-15-12(19-5-8-20-9-6-19)17-13(16-11)21-7-4-10-2-1-3-10/h10H,1-9,14H2,(H,15,16,17,18). The normalized spacial score (nSPS) is 19.2. The van der Waals surface area contributed by atoms with Crippen molar-refractivity contribution in [3.8, 4) is 6.01 Å². The molecule has 116 valence electrons. The predicted molar refractivity (Wildman–Crippen MR) is 78.1 cm³/mol. The van der Waals surface area contributed by atoms with E-state index in [0.29, 0.717) is 37.7 Å². The summed E-state index contributed by atoms with van der Waals surface area (Å²) in [5.41, 5.74) is 2.47. The fourth-order valence-electron chi connectivity index (χ4n) is 2.48. The van der Waals surface area contributed by atoms with Crippen molar-refractivity contribution in [2.75, 3.05) is 43.2 Å². The van der Waals surface area contributed by atoms with Crippen molar-refractivity contribution < 1.29 is 9.47 Å². The van der Waals surface area contributed by atoms with Gasteiger partial charge in [0, 0.05) is 13.1 Å². The minimum absolute atomic E-state index is 0.324. The number of nitrogens with two attached hydrogens (primary N) is 1. The number of aromatic nitrogens is 3. The van der Waals surface area contributed by atoms with Crippen molar-refractivity contribution >= 4 is 11.9 Å². The van der Waals surface area contributed by atoms with Crippen LogP contribution >= 0.6 is 0 Å². The van der Waals surface area contributed by atoms with E-state index in [0.717, 1.165) is 25.4 Å². The van der Waals surface area contributed by atoms with E-state index < -0.39 is 0 Å². The average Bonchev–Trinajstić information content (AvgIpc) is 2.50. The van der Waals surface area contributed by atoms with Crippen LogP contribution in [0.2, 0.25) is 0 Å². The van der Waals surface area contributed by atoms with Crippen molar-refractivity contribution in [1.82, 2.24) is 15.0 Å². The minimum atomic E-state index is 0.324. The molecule has 0 amide bonds. The molecule has 2 aliphatic rings. The number of anilines is 2. The lowest BCUT2D eigenvalue weighted by atomic mass is 9.83. The molecule has 1 aromatic heterocycles. The molecule has 1 aromatic rings. The summed E-state index contributed by atoms with van der Waals surface area (Å²) in [6.07, 6.45) is 5.03. The molecule has 1 aliphatic heterocycles. The predicted octanol–water partition coefficient (Wildman–Crippen LogP) is 0.563. The first-order valence-electron chi connectivity index (χ1n) is 7.53. The highest BCUT2D eigenvalue weighted by atomic mass is 16.5. The zero-order chi connectivity index (χ0) is 14.5. The SMILES string of the molecule is NNc1nc(OCCC2CCC2)nc(N2CCOCC2)n1. The molecule has 21 heavy (non-hydrogen) atoms. The number of morpholine rings is 1. The molecule has 3 rings (SSSR count). The van der Waals surface area contributed by atoms with E-state index in [1.165, 1.54) is 19.3 Å². The lowest BCUT2D eigenvalue weighted by Crippen LogP contribution is -2.37. The second-order valence-electron chi connectivity index (χ2n) is 5.42. The number of rotatable bonds is 6. The summed E-state index contributed by atoms with van der Waals surface area (Å²) in [6, 6.07) is 0.332. The molecule has 0 radical (unpaired) electrons. The van der Waals surface area contributed by atoms with E-state index >= 15 is 0 Å². The van der Waals surface area contributed by atoms with Crippen LogP contribution in [0, 0.1) is 5.92 Å². The molecule has 0 bridgehead atoms. The number of nitrogens with one attached hydrogen (secondary N) is 1. The zero-order valence-electron chi connectivity index (χ0n) is 12.1. The molecule has 0 unspecified atom stereocenters. The topological polar surface area (TPSA) is 98.4 Å². The largest absolute Gasteiger partial charge is 0.463 e. The Bertz CT molecular complexity index is 462. The van der Waals surface area contributed by atoms with Crippen LogP contribution in [-0.4, -0.2) is 47.9 Å². The minimum Gasteiger partial charge on any atom is -0.463 e. The van der Waals surface area contributed by atoms with E-state index in [1.54, 1.807) is 0 Å². The van der Waals surface area contributed by atoms with E-state index in [9.17, 15) is 0 Å². The third-order valence-corrected chi connectivity index (χ3v) is 4.01. The van der Waals surface area contributed by atoms with Gasteiger partial charge < -0.3 is 14.4 Å². The third kappa shape index (κ3) is 3.70. The van der Waals surface area contributed by atoms with Gasteiger partial charge >= 0.3 is 6.01 Å². The summed E-state index contributed by atoms with van der Waals surface area (Å²) >= 11 is 0. The molecule has 0 aromatic carbocycles. The molecule has 1 saturated carbocycles. The Balaban J connectivity index is 1.63. The van der Waals surface area contributed by atoms with Crippen molar-refractivity contribution in [2.24, 2.45) is 11.8 Å². The second kappa shape index (κ2) is 6.86. The first kappa shape index (κ1) is 14.3. The average molecular weight is 294 g/mol. The molecule has 8 heteroatoms. The number of ether oxygens (including phenoxy) is 2. The Hall–Kier alpha value is -1.67. The Kier molecular flexibility index (Phi) is 4.66. The quantitative estimate of drug-likeness (QED) is 0.580. The van der Waals surface area contributed by atoms with Gasteiger partial charge in [-0.05, 0) is 12.3 Å². The Morgan fingerprint density at radius 2 is 2.05 bits per heavy atom. The summed E-state index contributed by atoms with van der Waals surface area (Å²) in [4.78, 5) is 14.8. The highest BCUT2D eigenvalue weighted by Crippen LogP contribution is 2.29. The molecule has 0 spiro atoms. The van der Waals surface area contributed by atoms with Gasteiger partial charge in [0.15, 0.2) is 0 Å². The van der Waals surface area contributed by atoms with E-state index in [-0.39, 0.29) is 0 Å². The van der Waals surface area contributed by atoms with Crippen molar-refractivity contribution in [2.45, 2.75) is 25.7 Å². The van der Waals surface area contributed by atoms with Crippen molar-refractivity contribution in [3.63, 3.8) is 0 Å². The van der Waals surface area contributed by atoms with E-state index in [2.05, 4.69) is 20.4 Å². The van der Waals surface area contributed by atoms with Crippen LogP contribution in [0.15, 0.2) is 0 Å². The molecule has 0 atom stereocenters. The van der Waals surface area contributed by atoms with Crippen LogP contribution in [0.4, 0.5) is 11.9 Å². The smallest absolute Gasteiger partial charge is 0.323 e. The first-order chi connectivity index (χ1) is 10.3. The number of hydrazine groups is 1. The lowest BCUT2D eigenvalue weighted by molar-refractivity contribution is 0.122. The second-order valence-corrected chi connectivity index (χ2v) is 5.42. The fourth-order valence-corrected chi connectivity index (χ4v) is 2.48. The zero-order valence-corrected chi connectivity index (χ0v) is 12.1. The molecule has 2 fully saturated rings. The first-order valence-corrected chi connectivity index (χ1v) is 7.53. The van der Waals surface area contributed by atoms with Crippen LogP contribution in [0.5, 0.6) is 6.01 Å². The van der Waals surface area contributed by atoms with Gasteiger partial charge in [0.2, 0.25) is 11.9 Å². The Morgan fingerprint density at radius 1 is 1.24 bits per heavy atom. The van der Waals surface area contributed by atoms with Gasteiger partial charge in [0.05, 0.1) is 19.8 Å². The maximum Gasteiger partial charge on any atom is 0.323 e. The molecule has 1 aliphatic carbocycles. The van der Waals surface area contributed by atoms with Gasteiger partial charge in [-0.15, -0.1) is 0 Å². The molecule has 1 saturated heterocycles. The van der Waals surface area contributed by atoms with E-state index in [1.807, 2.05) is 4.90 Å². The van der Waals surface area contributed by atoms with E-state index in [4.69, 9.17) is 15.3 Å².